The zero-order chi connectivity index (χ0) is 23.3. The van der Waals surface area contributed by atoms with Gasteiger partial charge in [0.05, 0.1) is 11.8 Å². The molecule has 0 amide bonds. The Hall–Kier alpha value is -3.21. The van der Waals surface area contributed by atoms with Crippen LogP contribution in [0.3, 0.4) is 0 Å². The van der Waals surface area contributed by atoms with Gasteiger partial charge < -0.3 is 10.2 Å². The number of hydrogen-bond donors (Lipinski definition) is 2. The van der Waals surface area contributed by atoms with Gasteiger partial charge in [0, 0.05) is 36.7 Å². The summed E-state index contributed by atoms with van der Waals surface area (Å²) in [6, 6.07) is 10.2. The average Bonchev–Trinajstić information content (AvgIpc) is 3.52. The van der Waals surface area contributed by atoms with Crippen molar-refractivity contribution in [3.8, 4) is 11.4 Å². The molecular weight excluding hydrogens is 463 g/mol. The molecule has 1 saturated carbocycles. The first-order chi connectivity index (χ1) is 16.4. The quantitative estimate of drug-likeness (QED) is 0.398. The molecule has 34 heavy (non-hydrogen) atoms. The highest BCUT2D eigenvalue weighted by molar-refractivity contribution is 7.18. The molecule has 2 fully saturated rings. The van der Waals surface area contributed by atoms with Crippen molar-refractivity contribution in [1.29, 1.82) is 0 Å². The molecule has 2 aliphatic rings. The van der Waals surface area contributed by atoms with E-state index >= 15 is 0 Å². The molecule has 0 radical (unpaired) electrons. The highest BCUT2D eigenvalue weighted by Crippen LogP contribution is 2.50. The van der Waals surface area contributed by atoms with E-state index in [9.17, 15) is 13.2 Å². The number of hydrogen-bond acceptors (Lipinski definition) is 7. The predicted molar refractivity (Wildman–Crippen MR) is 127 cm³/mol. The van der Waals surface area contributed by atoms with E-state index in [0.717, 1.165) is 72.0 Å². The molecule has 6 rings (SSSR count). The molecule has 1 aliphatic heterocycles. The van der Waals surface area contributed by atoms with Crippen molar-refractivity contribution in [1.82, 2.24) is 25.1 Å². The van der Waals surface area contributed by atoms with Gasteiger partial charge in [-0.05, 0) is 55.0 Å². The van der Waals surface area contributed by atoms with Crippen LogP contribution in [0, 0.1) is 5.41 Å². The molecule has 4 aromatic rings. The molecule has 1 spiro atoms. The lowest BCUT2D eigenvalue weighted by Crippen LogP contribution is -2.46. The fraction of sp³-hybridized carbons (Fsp3) is 0.391. The maximum absolute atomic E-state index is 12.9. The zero-order valence-corrected chi connectivity index (χ0v) is 19.0. The number of halogens is 3. The van der Waals surface area contributed by atoms with E-state index in [1.807, 2.05) is 12.1 Å². The van der Waals surface area contributed by atoms with E-state index in [-0.39, 0.29) is 11.7 Å². The number of benzene rings is 1. The lowest BCUT2D eigenvalue weighted by molar-refractivity contribution is -0.126. The molecule has 1 aliphatic carbocycles. The fourth-order valence-electron chi connectivity index (χ4n) is 5.27. The first kappa shape index (κ1) is 21.3. The van der Waals surface area contributed by atoms with Gasteiger partial charge in [-0.15, -0.1) is 11.3 Å². The van der Waals surface area contributed by atoms with E-state index in [1.54, 1.807) is 6.07 Å². The number of fused-ring (bicyclic) bond motifs is 1. The van der Waals surface area contributed by atoms with Crippen LogP contribution in [0.5, 0.6) is 0 Å². The summed E-state index contributed by atoms with van der Waals surface area (Å²) in [7, 11) is 0. The Labute approximate surface area is 198 Å². The number of H-pyrrole nitrogens is 1. The highest BCUT2D eigenvalue weighted by atomic mass is 32.1. The van der Waals surface area contributed by atoms with Crippen LogP contribution in [0.2, 0.25) is 0 Å². The number of anilines is 2. The summed E-state index contributed by atoms with van der Waals surface area (Å²) in [5, 5.41) is 11.1. The molecule has 0 unspecified atom stereocenters. The van der Waals surface area contributed by atoms with Crippen molar-refractivity contribution in [2.24, 2.45) is 5.41 Å². The van der Waals surface area contributed by atoms with Crippen molar-refractivity contribution in [3.63, 3.8) is 0 Å². The van der Waals surface area contributed by atoms with Gasteiger partial charge in [0.15, 0.2) is 5.82 Å². The Kier molecular flexibility index (Phi) is 4.98. The van der Waals surface area contributed by atoms with Crippen LogP contribution in [0.15, 0.2) is 43.0 Å². The summed E-state index contributed by atoms with van der Waals surface area (Å²) >= 11 is 1.10. The van der Waals surface area contributed by atoms with Crippen LogP contribution < -0.4 is 10.2 Å². The van der Waals surface area contributed by atoms with Crippen molar-refractivity contribution >= 4 is 33.1 Å². The van der Waals surface area contributed by atoms with E-state index < -0.39 is 12.6 Å². The van der Waals surface area contributed by atoms with Crippen LogP contribution in [0.1, 0.15) is 25.6 Å². The number of rotatable bonds is 5. The number of nitrogens with one attached hydrogen (secondary N) is 2. The first-order valence-corrected chi connectivity index (χ1v) is 12.0. The number of thiophene rings is 1. The van der Waals surface area contributed by atoms with Crippen molar-refractivity contribution in [2.45, 2.75) is 37.9 Å². The van der Waals surface area contributed by atoms with Gasteiger partial charge in [-0.2, -0.15) is 18.3 Å². The summed E-state index contributed by atoms with van der Waals surface area (Å²) in [6.45, 7) is 1.72. The van der Waals surface area contributed by atoms with E-state index in [0.29, 0.717) is 10.9 Å². The molecule has 0 bridgehead atoms. The minimum Gasteiger partial charge on any atom is -0.382 e. The number of nitrogens with zero attached hydrogens (tertiary/aromatic N) is 5. The molecule has 1 aromatic carbocycles. The molecule has 178 valence electrons. The molecule has 0 atom stereocenters. The Morgan fingerprint density at radius 3 is 2.71 bits per heavy atom. The zero-order valence-electron chi connectivity index (χ0n) is 18.1. The van der Waals surface area contributed by atoms with Gasteiger partial charge in [0.25, 0.3) is 0 Å². The molecule has 4 heterocycles. The van der Waals surface area contributed by atoms with E-state index in [1.165, 1.54) is 12.7 Å². The molecule has 1 saturated heterocycles. The third kappa shape index (κ3) is 4.08. The fourth-order valence-corrected chi connectivity index (χ4v) is 6.29. The van der Waals surface area contributed by atoms with Crippen LogP contribution in [-0.2, 0) is 6.42 Å². The highest BCUT2D eigenvalue weighted by Gasteiger charge is 2.49. The summed E-state index contributed by atoms with van der Waals surface area (Å²) in [6.07, 6.45) is 0.979. The Morgan fingerprint density at radius 1 is 1.15 bits per heavy atom. The molecule has 3 aromatic heterocycles. The third-order valence-electron chi connectivity index (χ3n) is 6.77. The van der Waals surface area contributed by atoms with Gasteiger partial charge in [-0.3, -0.25) is 5.10 Å². The maximum atomic E-state index is 12.9. The summed E-state index contributed by atoms with van der Waals surface area (Å²) in [5.74, 6) is 1.50. The minimum atomic E-state index is -4.23. The second kappa shape index (κ2) is 7.93. The van der Waals surface area contributed by atoms with E-state index in [4.69, 9.17) is 0 Å². The van der Waals surface area contributed by atoms with Crippen molar-refractivity contribution < 1.29 is 14.6 Å². The first-order valence-electron chi connectivity index (χ1n) is 11.1. The van der Waals surface area contributed by atoms with Crippen LogP contribution in [-0.4, -0.2) is 50.5 Å². The number of aromatic amines is 1. The van der Waals surface area contributed by atoms with Crippen LogP contribution in [0.4, 0.5) is 24.7 Å². The van der Waals surface area contributed by atoms with Crippen molar-refractivity contribution in [3.05, 3.63) is 47.9 Å². The normalized spacial score (nSPS) is 22.4. The SMILES string of the molecule is FC(F)(F)Cc1cc2c(N3CCC4(CC(Nc5ccc(-c6ncn[nH]6)cc5)C4)C3)ncnc2s1.[HH]. The predicted octanol–water partition coefficient (Wildman–Crippen LogP) is 5.30. The largest absolute Gasteiger partial charge is 0.393 e. The van der Waals surface area contributed by atoms with Gasteiger partial charge in [-0.25, -0.2) is 15.0 Å². The molecule has 2 N–H and O–H groups in total. The molecule has 11 heteroatoms. The van der Waals surface area contributed by atoms with E-state index in [2.05, 4.69) is 47.5 Å². The number of alkyl halides is 3. The van der Waals surface area contributed by atoms with Crippen molar-refractivity contribution in [2.75, 3.05) is 23.3 Å². The van der Waals surface area contributed by atoms with Gasteiger partial charge in [0.2, 0.25) is 0 Å². The smallest absolute Gasteiger partial charge is 0.382 e. The topological polar surface area (TPSA) is 82.6 Å². The van der Waals surface area contributed by atoms with Crippen LogP contribution in [0.25, 0.3) is 21.6 Å². The lowest BCUT2D eigenvalue weighted by Gasteiger charge is -2.46. The second-order valence-corrected chi connectivity index (χ2v) is 10.4. The molecular formula is C23H24F3N7S. The minimum absolute atomic E-state index is 0. The summed E-state index contributed by atoms with van der Waals surface area (Å²) in [5.41, 5.74) is 2.29. The van der Waals surface area contributed by atoms with Gasteiger partial charge in [0.1, 0.15) is 23.3 Å². The summed E-state index contributed by atoms with van der Waals surface area (Å²) in [4.78, 5) is 15.9. The van der Waals surface area contributed by atoms with Crippen LogP contribution >= 0.6 is 11.3 Å². The third-order valence-corrected chi connectivity index (χ3v) is 7.82. The standard InChI is InChI=1S/C23H22F3N7S.H2/c24-23(25,26)10-17-7-18-20(28-12-29-21(18)34-17)33-6-5-22(11-33)8-16(9-22)31-15-3-1-14(2-4-15)19-27-13-30-32-19;/h1-4,7,12-13,16,31H,5-6,8-11H2,(H,27,30,32);1H. The number of aromatic nitrogens is 5. The monoisotopic (exact) mass is 487 g/mol. The van der Waals surface area contributed by atoms with Gasteiger partial charge in [-0.1, -0.05) is 0 Å². The molecule has 7 nitrogen and oxygen atoms in total. The maximum Gasteiger partial charge on any atom is 0.393 e. The van der Waals surface area contributed by atoms with Gasteiger partial charge >= 0.3 is 6.18 Å². The second-order valence-electron chi connectivity index (χ2n) is 9.25. The Balaban J connectivity index is 0.00000253. The lowest BCUT2D eigenvalue weighted by atomic mass is 9.65. The Morgan fingerprint density at radius 2 is 1.97 bits per heavy atom. The summed E-state index contributed by atoms with van der Waals surface area (Å²) < 4.78 is 38.6. The Bertz CT molecular complexity index is 1300. The average molecular weight is 488 g/mol.